The van der Waals surface area contributed by atoms with E-state index in [1.807, 2.05) is 0 Å². The number of carboxylic acid groups (broad SMARTS) is 9. The molecule has 2 heterocycles. The van der Waals surface area contributed by atoms with Gasteiger partial charge in [0.15, 0.2) is 0 Å². The Morgan fingerprint density at radius 1 is 0.379 bits per heavy atom. The lowest BCUT2D eigenvalue weighted by Gasteiger charge is -2.45. The van der Waals surface area contributed by atoms with Crippen molar-refractivity contribution < 1.29 is 168 Å². The molecule has 0 spiro atoms. The van der Waals surface area contributed by atoms with Gasteiger partial charge in [0.05, 0.1) is 174 Å². The Hall–Kier alpha value is -7.12. The first kappa shape index (κ1) is 84.0. The Labute approximate surface area is 539 Å². The van der Waals surface area contributed by atoms with E-state index in [4.69, 9.17) is 18.9 Å². The molecule has 95 heavy (non-hydrogen) atoms. The second kappa shape index (κ2) is 43.1. The molecule has 2 fully saturated rings. The predicted molar refractivity (Wildman–Crippen MR) is 307 cm³/mol. The van der Waals surface area contributed by atoms with Crippen molar-refractivity contribution in [2.75, 3.05) is 171 Å². The summed E-state index contributed by atoms with van der Waals surface area (Å²) in [5.41, 5.74) is 0. The molecule has 0 aromatic rings. The third kappa shape index (κ3) is 32.0. The van der Waals surface area contributed by atoms with Gasteiger partial charge in [-0.1, -0.05) is 0 Å². The van der Waals surface area contributed by atoms with E-state index in [0.29, 0.717) is 0 Å². The summed E-state index contributed by atoms with van der Waals surface area (Å²) in [5, 5.41) is 189. The average molecular weight is 1380 g/mol. The van der Waals surface area contributed by atoms with Crippen LogP contribution in [0.1, 0.15) is 0 Å². The highest BCUT2D eigenvalue weighted by Gasteiger charge is 2.48. The summed E-state index contributed by atoms with van der Waals surface area (Å²) in [6.07, 6.45) is -15.9. The molecule has 14 atom stereocenters. The van der Waals surface area contributed by atoms with Crippen molar-refractivity contribution in [2.45, 2.75) is 73.1 Å². The van der Waals surface area contributed by atoms with Gasteiger partial charge in [-0.3, -0.25) is 86.9 Å². The lowest BCUT2D eigenvalue weighted by atomic mass is 9.85. The summed E-state index contributed by atoms with van der Waals surface area (Å²) in [5.74, 6) is -19.3. The fourth-order valence-electron chi connectivity index (χ4n) is 10.3. The van der Waals surface area contributed by atoms with Crippen molar-refractivity contribution in [2.24, 2.45) is 11.8 Å². The minimum absolute atomic E-state index is 0.362. The third-order valence-electron chi connectivity index (χ3n) is 14.7. The van der Waals surface area contributed by atoms with E-state index in [-0.39, 0.29) is 26.2 Å². The smallest absolute Gasteiger partial charge is 0.317 e. The van der Waals surface area contributed by atoms with Crippen LogP contribution in [0.4, 0.5) is 0 Å². The van der Waals surface area contributed by atoms with Gasteiger partial charge in [-0.25, -0.2) is 0 Å². The molecule has 43 nitrogen and oxygen atoms in total. The number of amides is 3. The molecular weight excluding hydrogens is 1290 g/mol. The summed E-state index contributed by atoms with van der Waals surface area (Å²) < 4.78 is 23.6. The number of hydrogen-bond acceptors (Lipinski definition) is 31. The fourth-order valence-corrected chi connectivity index (χ4v) is 10.3. The van der Waals surface area contributed by atoms with E-state index >= 15 is 0 Å². The van der Waals surface area contributed by atoms with Gasteiger partial charge < -0.3 is 127 Å². The van der Waals surface area contributed by atoms with Crippen molar-refractivity contribution in [3.63, 3.8) is 0 Å². The number of aliphatic hydroxyl groups excluding tert-OH is 9. The molecular formula is C52H87N9O34. The molecule has 0 aliphatic carbocycles. The van der Waals surface area contributed by atoms with E-state index in [1.165, 1.54) is 0 Å². The predicted octanol–water partition coefficient (Wildman–Crippen LogP) is -13.4. The largest absolute Gasteiger partial charge is 0.480 e. The molecule has 43 heteroatoms. The van der Waals surface area contributed by atoms with E-state index < -0.39 is 301 Å². The third-order valence-corrected chi connectivity index (χ3v) is 14.7. The maximum absolute atomic E-state index is 14.0. The highest BCUT2D eigenvalue weighted by molar-refractivity contribution is 5.81. The van der Waals surface area contributed by atoms with Crippen LogP contribution in [0, 0.1) is 11.8 Å². The molecule has 2 aliphatic rings. The van der Waals surface area contributed by atoms with Crippen LogP contribution in [-0.2, 0) is 76.5 Å². The minimum atomic E-state index is -2.05. The van der Waals surface area contributed by atoms with Crippen LogP contribution in [0.3, 0.4) is 0 Å². The van der Waals surface area contributed by atoms with E-state index in [2.05, 4.69) is 16.0 Å². The van der Waals surface area contributed by atoms with Crippen LogP contribution in [0.5, 0.6) is 0 Å². The Balaban J connectivity index is 2.52. The first-order valence-electron chi connectivity index (χ1n) is 29.1. The molecule has 2 rings (SSSR count). The lowest BCUT2D eigenvalue weighted by molar-refractivity contribution is -0.217. The molecule has 0 aromatic carbocycles. The first-order chi connectivity index (χ1) is 44.6. The molecule has 2 saturated heterocycles. The second-order valence-electron chi connectivity index (χ2n) is 22.3. The van der Waals surface area contributed by atoms with Gasteiger partial charge in [-0.05, 0) is 0 Å². The van der Waals surface area contributed by atoms with Crippen LogP contribution in [0.15, 0.2) is 0 Å². The Morgan fingerprint density at radius 2 is 0.695 bits per heavy atom. The zero-order chi connectivity index (χ0) is 71.8. The Bertz CT molecular complexity index is 2460. The number of carbonyl (C=O) groups is 12. The monoisotopic (exact) mass is 1380 g/mol. The van der Waals surface area contributed by atoms with Gasteiger partial charge in [-0.15, -0.1) is 0 Å². The SMILES string of the molecule is O=C(O)CN(CCN(CC(=O)O)CC(=O)NC(CO)C(O)C(COCC1OC(CO)C(COCC2OC(CO)C(O)C(O)C2NC(=O)CN(CCN(CC(=O)O)CC(=O)O)CC(=O)O)C(O)C1NC(=O)CN(CCN(CC(=O)O)CC(=O)O)CC(=O)O)C(O)CO)CC(=O)O. The zero-order valence-electron chi connectivity index (χ0n) is 51.2. The van der Waals surface area contributed by atoms with Gasteiger partial charge in [0.1, 0.15) is 30.5 Å². The number of aliphatic hydroxyl groups is 9. The van der Waals surface area contributed by atoms with Crippen molar-refractivity contribution in [1.29, 1.82) is 0 Å². The van der Waals surface area contributed by atoms with Crippen LogP contribution in [0.2, 0.25) is 0 Å². The fraction of sp³-hybridized carbons (Fsp3) is 0.769. The molecule has 0 saturated carbocycles. The van der Waals surface area contributed by atoms with Crippen molar-refractivity contribution in [3.05, 3.63) is 0 Å². The number of nitrogens with zero attached hydrogens (tertiary/aromatic N) is 6. The average Bonchev–Trinajstić information content (AvgIpc) is 0.810. The van der Waals surface area contributed by atoms with Gasteiger partial charge >= 0.3 is 53.7 Å². The van der Waals surface area contributed by atoms with Crippen molar-refractivity contribution in [3.8, 4) is 0 Å². The first-order valence-corrected chi connectivity index (χ1v) is 29.1. The van der Waals surface area contributed by atoms with Crippen LogP contribution in [0.25, 0.3) is 0 Å². The molecule has 3 amide bonds. The number of nitrogens with one attached hydrogen (secondary N) is 3. The topological polar surface area (TPSA) is 661 Å². The van der Waals surface area contributed by atoms with Crippen LogP contribution < -0.4 is 16.0 Å². The summed E-state index contributed by atoms with van der Waals surface area (Å²) in [4.78, 5) is 150. The normalized spacial score (nSPS) is 22.6. The van der Waals surface area contributed by atoms with Gasteiger partial charge in [-0.2, -0.15) is 0 Å². The molecule has 0 aromatic heterocycles. The van der Waals surface area contributed by atoms with E-state index in [9.17, 15) is 149 Å². The van der Waals surface area contributed by atoms with Crippen molar-refractivity contribution >= 4 is 71.4 Å². The number of aliphatic carboxylic acids is 9. The summed E-state index contributed by atoms with van der Waals surface area (Å²) >= 11 is 0. The van der Waals surface area contributed by atoms with Crippen LogP contribution in [-0.4, -0.2) is 436 Å². The quantitative estimate of drug-likeness (QED) is 0.0269. The van der Waals surface area contributed by atoms with Gasteiger partial charge in [0.25, 0.3) is 0 Å². The number of hydrogen-bond donors (Lipinski definition) is 21. The number of carbonyl (C=O) groups excluding carboxylic acids is 3. The van der Waals surface area contributed by atoms with E-state index in [1.54, 1.807) is 0 Å². The standard InChI is InChI=1S/C52H87N9O34/c62-19-29(53-35(67)7-56(10-38(70)71)1-4-59(13-41(76)77)14-42(78)79)49(88)27(30(66)20-63)23-92-25-33-47(54-36(68)8-57(11-39(72)73)2-5-60(15-43(80)81)16-44(82)83)50(89)28(31(21-64)94-33)24-93-26-34-48(52(91)51(90)32(22-65)95-34)55-37(69)9-58(12-40(74)75)3-6-61(17-45(84)85)18-46(86)87/h27-34,47-52,62-66,88-91H,1-26H2,(H,53,67)(H,54,68)(H,55,69)(H,70,71)(H,72,73)(H,74,75)(H,76,77)(H,78,79)(H,80,81)(H,82,83)(H,84,85)(H,86,87). The Kier molecular flexibility index (Phi) is 38.1. The molecule has 0 radical (unpaired) electrons. The summed E-state index contributed by atoms with van der Waals surface area (Å²) in [6, 6.07) is -5.10. The maximum atomic E-state index is 14.0. The second-order valence-corrected chi connectivity index (χ2v) is 22.3. The molecule has 2 aliphatic heterocycles. The zero-order valence-corrected chi connectivity index (χ0v) is 51.2. The molecule has 21 N–H and O–H groups in total. The van der Waals surface area contributed by atoms with E-state index in [0.717, 1.165) is 29.4 Å². The number of ether oxygens (including phenoxy) is 4. The lowest BCUT2D eigenvalue weighted by Crippen LogP contribution is -2.66. The highest BCUT2D eigenvalue weighted by atomic mass is 16.6. The van der Waals surface area contributed by atoms with Gasteiger partial charge in [0, 0.05) is 51.1 Å². The van der Waals surface area contributed by atoms with Gasteiger partial charge in [0.2, 0.25) is 17.7 Å². The summed E-state index contributed by atoms with van der Waals surface area (Å²) in [7, 11) is 0. The molecule has 14 unspecified atom stereocenters. The maximum Gasteiger partial charge on any atom is 0.317 e. The summed E-state index contributed by atoms with van der Waals surface area (Å²) in [6.45, 7) is -19.2. The minimum Gasteiger partial charge on any atom is -0.480 e. The Morgan fingerprint density at radius 3 is 1.02 bits per heavy atom. The van der Waals surface area contributed by atoms with Crippen molar-refractivity contribution in [1.82, 2.24) is 45.3 Å². The molecule has 544 valence electrons. The highest BCUT2D eigenvalue weighted by Crippen LogP contribution is 2.29. The number of rotatable bonds is 51. The molecule has 0 bridgehead atoms. The van der Waals surface area contributed by atoms with Crippen LogP contribution >= 0.6 is 0 Å². The number of carboxylic acids is 9.